The second-order valence-corrected chi connectivity index (χ2v) is 15.5. The molecule has 1 heteroatoms. The van der Waals surface area contributed by atoms with Crippen LogP contribution in [0.5, 0.6) is 0 Å². The fourth-order valence-corrected chi connectivity index (χ4v) is 8.18. The first-order chi connectivity index (χ1) is 13.1. The van der Waals surface area contributed by atoms with Crippen molar-refractivity contribution in [1.29, 1.82) is 0 Å². The van der Waals surface area contributed by atoms with Crippen LogP contribution in [-0.2, 0) is 16.2 Å². The first kappa shape index (κ1) is 24.7. The molecule has 1 saturated carbocycles. The van der Waals surface area contributed by atoms with E-state index in [-0.39, 0.29) is 16.2 Å². The molecule has 1 aliphatic carbocycles. The van der Waals surface area contributed by atoms with Crippen molar-refractivity contribution in [2.45, 2.75) is 122 Å². The maximum absolute atomic E-state index is 4.00. The van der Waals surface area contributed by atoms with Crippen molar-refractivity contribution in [1.82, 2.24) is 0 Å². The zero-order valence-corrected chi connectivity index (χ0v) is 22.7. The molecule has 1 aromatic carbocycles. The van der Waals surface area contributed by atoms with Crippen molar-refractivity contribution in [2.75, 3.05) is 0 Å². The number of rotatable bonds is 4. The Morgan fingerprint density at radius 2 is 1.34 bits per heavy atom. The van der Waals surface area contributed by atoms with Gasteiger partial charge in [0.1, 0.15) is 0 Å². The quantitative estimate of drug-likeness (QED) is 0.316. The predicted octanol–water partition coefficient (Wildman–Crippen LogP) is 7.85. The Bertz CT molecular complexity index is 675. The molecule has 0 bridgehead atoms. The van der Waals surface area contributed by atoms with E-state index in [4.69, 9.17) is 0 Å². The molecule has 1 aliphatic rings. The van der Waals surface area contributed by atoms with Gasteiger partial charge in [0.05, 0.1) is 0 Å². The summed E-state index contributed by atoms with van der Waals surface area (Å²) in [5.74, 6) is 0. The summed E-state index contributed by atoms with van der Waals surface area (Å²) in [6, 6.07) is 5.11. The number of allylic oxidation sites excluding steroid dienone is 1. The first-order valence-corrected chi connectivity index (χ1v) is 13.4. The second-order valence-electron chi connectivity index (χ2n) is 12.8. The zero-order chi connectivity index (χ0) is 22.3. The molecule has 0 N–H and O–H groups in total. The van der Waals surface area contributed by atoms with E-state index in [0.29, 0.717) is 20.4 Å². The van der Waals surface area contributed by atoms with Crippen LogP contribution >= 0.6 is 0 Å². The predicted molar refractivity (Wildman–Crippen MR) is 133 cm³/mol. The molecule has 0 aromatic heterocycles. The molecular weight excluding hydrogens is 415 g/mol. The monoisotopic (exact) mass is 462 g/mol. The summed E-state index contributed by atoms with van der Waals surface area (Å²) in [7, 11) is 0. The van der Waals surface area contributed by atoms with Gasteiger partial charge in [-0.25, -0.2) is 0 Å². The Morgan fingerprint density at radius 1 is 0.897 bits per heavy atom. The summed E-state index contributed by atoms with van der Waals surface area (Å²) >= 11 is 0.539. The molecule has 29 heavy (non-hydrogen) atoms. The maximum atomic E-state index is 4.00. The van der Waals surface area contributed by atoms with E-state index in [1.165, 1.54) is 37.7 Å². The van der Waals surface area contributed by atoms with E-state index in [1.807, 2.05) is 0 Å². The third-order valence-electron chi connectivity index (χ3n) is 6.63. The van der Waals surface area contributed by atoms with Gasteiger partial charge in [0.15, 0.2) is 0 Å². The van der Waals surface area contributed by atoms with Crippen LogP contribution in [0.15, 0.2) is 24.8 Å². The fraction of sp³-hybridized carbons (Fsp3) is 0.714. The first-order valence-electron chi connectivity index (χ1n) is 11.5. The average Bonchev–Trinajstić information content (AvgIpc) is 2.54. The fourth-order valence-electron chi connectivity index (χ4n) is 4.43. The second kappa shape index (κ2) is 8.55. The van der Waals surface area contributed by atoms with Crippen LogP contribution in [0.25, 0.3) is 0 Å². The van der Waals surface area contributed by atoms with Gasteiger partial charge in [-0.15, -0.1) is 0 Å². The van der Waals surface area contributed by atoms with Crippen molar-refractivity contribution < 1.29 is 0 Å². The van der Waals surface area contributed by atoms with E-state index >= 15 is 0 Å². The SMILES string of the molecule is C=CCC1(C)CCC([Se]c2c(C(C)(C)C)cc(C(C)(C)C)cc2C(C)(C)C)CC1. The van der Waals surface area contributed by atoms with Gasteiger partial charge >= 0.3 is 189 Å². The van der Waals surface area contributed by atoms with Gasteiger partial charge in [-0.2, -0.15) is 0 Å². The molecule has 0 amide bonds. The molecule has 0 spiro atoms. The summed E-state index contributed by atoms with van der Waals surface area (Å²) in [6.45, 7) is 28.0. The molecule has 0 nitrogen and oxygen atoms in total. The molecule has 1 aromatic rings. The molecule has 164 valence electrons. The Labute approximate surface area is 188 Å². The molecule has 0 heterocycles. The minimum absolute atomic E-state index is 0.183. The Kier molecular flexibility index (Phi) is 7.29. The van der Waals surface area contributed by atoms with Gasteiger partial charge in [-0.3, -0.25) is 0 Å². The van der Waals surface area contributed by atoms with Gasteiger partial charge in [0.25, 0.3) is 0 Å². The van der Waals surface area contributed by atoms with Gasteiger partial charge in [0.2, 0.25) is 0 Å². The molecule has 0 aliphatic heterocycles. The van der Waals surface area contributed by atoms with E-state index in [2.05, 4.69) is 94.0 Å². The van der Waals surface area contributed by atoms with E-state index < -0.39 is 0 Å². The van der Waals surface area contributed by atoms with Crippen molar-refractivity contribution in [3.63, 3.8) is 0 Å². The Hall–Kier alpha value is -0.521. The van der Waals surface area contributed by atoms with Gasteiger partial charge in [-0.05, 0) is 0 Å². The van der Waals surface area contributed by atoms with Crippen LogP contribution in [-0.4, -0.2) is 15.0 Å². The normalized spacial score (nSPS) is 23.9. The van der Waals surface area contributed by atoms with Crippen LogP contribution in [0, 0.1) is 5.41 Å². The summed E-state index contributed by atoms with van der Waals surface area (Å²) in [6.07, 6.45) is 8.80. The third-order valence-corrected chi connectivity index (χ3v) is 9.74. The molecule has 2 rings (SSSR count). The molecule has 0 radical (unpaired) electrons. The van der Waals surface area contributed by atoms with Gasteiger partial charge in [0, 0.05) is 0 Å². The number of benzene rings is 1. The molecule has 0 saturated heterocycles. The number of hydrogen-bond acceptors (Lipinski definition) is 0. The number of hydrogen-bond donors (Lipinski definition) is 0. The summed E-state index contributed by atoms with van der Waals surface area (Å²) in [5.41, 5.74) is 5.75. The van der Waals surface area contributed by atoms with Crippen molar-refractivity contribution in [3.8, 4) is 0 Å². The van der Waals surface area contributed by atoms with Crippen molar-refractivity contribution >= 4 is 19.4 Å². The molecule has 0 unspecified atom stereocenters. The van der Waals surface area contributed by atoms with Crippen LogP contribution in [0.4, 0.5) is 0 Å². The van der Waals surface area contributed by atoms with E-state index in [9.17, 15) is 0 Å². The van der Waals surface area contributed by atoms with Crippen molar-refractivity contribution in [3.05, 3.63) is 41.5 Å². The zero-order valence-electron chi connectivity index (χ0n) is 21.0. The standard InChI is InChI=1S/C28H46Se/c1-12-15-28(11)16-13-21(14-17-28)29-24-22(26(5,6)7)18-20(25(2,3)4)19-23(24)27(8,9)10/h12,18-19,21H,1,13-17H2,2-11H3. The molecule has 0 atom stereocenters. The summed E-state index contributed by atoms with van der Waals surface area (Å²) in [5, 5.41) is 0. The topological polar surface area (TPSA) is 0 Å². The van der Waals surface area contributed by atoms with Gasteiger partial charge < -0.3 is 0 Å². The van der Waals surface area contributed by atoms with Crippen LogP contribution in [0.1, 0.15) is 118 Å². The van der Waals surface area contributed by atoms with Crippen LogP contribution < -0.4 is 4.46 Å². The Morgan fingerprint density at radius 3 is 1.69 bits per heavy atom. The van der Waals surface area contributed by atoms with Crippen LogP contribution in [0.3, 0.4) is 0 Å². The molecule has 1 fully saturated rings. The molecular formula is C28H46Se. The van der Waals surface area contributed by atoms with Gasteiger partial charge in [-0.1, -0.05) is 0 Å². The van der Waals surface area contributed by atoms with Crippen LogP contribution in [0.2, 0.25) is 4.82 Å². The summed E-state index contributed by atoms with van der Waals surface area (Å²) in [4.78, 5) is 0.878. The average molecular weight is 462 g/mol. The minimum atomic E-state index is 0.183. The van der Waals surface area contributed by atoms with Crippen molar-refractivity contribution in [2.24, 2.45) is 5.41 Å². The third kappa shape index (κ3) is 6.24. The summed E-state index contributed by atoms with van der Waals surface area (Å²) < 4.78 is 1.71. The Balaban J connectivity index is 2.48. The van der Waals surface area contributed by atoms with E-state index in [1.54, 1.807) is 15.6 Å². The van der Waals surface area contributed by atoms with E-state index in [0.717, 1.165) is 4.82 Å².